The van der Waals surface area contributed by atoms with E-state index in [-0.39, 0.29) is 18.1 Å². The van der Waals surface area contributed by atoms with Gasteiger partial charge in [0.1, 0.15) is 17.7 Å². The molecule has 2 aliphatic rings. The summed E-state index contributed by atoms with van der Waals surface area (Å²) in [6.45, 7) is 5.62. The number of hydrogen-bond acceptors (Lipinski definition) is 5. The number of esters is 1. The van der Waals surface area contributed by atoms with Crippen LogP contribution in [0.25, 0.3) is 0 Å². The largest absolute Gasteiger partial charge is 0.480 e. The second kappa shape index (κ2) is 8.20. The quantitative estimate of drug-likeness (QED) is 0.583. The number of carbonyl (C=O) groups is 2. The van der Waals surface area contributed by atoms with Gasteiger partial charge in [-0.05, 0) is 33.6 Å². The third-order valence-corrected chi connectivity index (χ3v) is 4.93. The maximum Gasteiger partial charge on any atom is 0.329 e. The van der Waals surface area contributed by atoms with Gasteiger partial charge in [0.15, 0.2) is 0 Å². The first kappa shape index (κ1) is 20.8. The van der Waals surface area contributed by atoms with Gasteiger partial charge in [-0.15, -0.1) is 0 Å². The van der Waals surface area contributed by atoms with Crippen molar-refractivity contribution in [3.05, 3.63) is 0 Å². The van der Waals surface area contributed by atoms with Crippen LogP contribution in [0.4, 0.5) is 0 Å². The van der Waals surface area contributed by atoms with Crippen LogP contribution in [0.15, 0.2) is 0 Å². The number of ether oxygens (including phenoxy) is 1. The van der Waals surface area contributed by atoms with E-state index in [2.05, 4.69) is 0 Å². The van der Waals surface area contributed by atoms with E-state index in [9.17, 15) is 9.59 Å². The van der Waals surface area contributed by atoms with Crippen molar-refractivity contribution in [2.75, 3.05) is 14.1 Å². The molecule has 0 aliphatic carbocycles. The van der Waals surface area contributed by atoms with Gasteiger partial charge in [0.05, 0.1) is 9.98 Å². The summed E-state index contributed by atoms with van der Waals surface area (Å²) in [6, 6.07) is -0.561. The number of likely N-dealkylation sites (N-methyl/N-ethyl adjacent to an activating group) is 2. The Labute approximate surface area is 154 Å². The number of carboxylic acid groups (broad SMARTS) is 1. The Morgan fingerprint density at radius 3 is 1.71 bits per heavy atom. The Kier molecular flexibility index (Phi) is 7.10. The zero-order valence-electron chi connectivity index (χ0n) is 14.9. The molecule has 2 saturated heterocycles. The van der Waals surface area contributed by atoms with Gasteiger partial charge in [0, 0.05) is 26.9 Å². The number of carbonyl (C=O) groups excluding carboxylic acids is 1. The average molecular weight is 375 g/mol. The van der Waals surface area contributed by atoms with E-state index in [0.29, 0.717) is 6.42 Å². The SMILES string of the molecule is CN1C(=S)CCC1C(=O)O.CN1C(=S)CCC1C(=O)OC(C)(C)C. The van der Waals surface area contributed by atoms with Gasteiger partial charge in [-0.1, -0.05) is 24.4 Å². The highest BCUT2D eigenvalue weighted by Crippen LogP contribution is 2.21. The number of aliphatic carboxylic acids is 1. The van der Waals surface area contributed by atoms with Gasteiger partial charge >= 0.3 is 11.9 Å². The third kappa shape index (κ3) is 5.66. The molecule has 0 aromatic carbocycles. The molecule has 8 heteroatoms. The van der Waals surface area contributed by atoms with Gasteiger partial charge in [-0.3, -0.25) is 0 Å². The second-order valence-electron chi connectivity index (χ2n) is 6.99. The predicted octanol–water partition coefficient (Wildman–Crippen LogP) is 2.24. The Morgan fingerprint density at radius 1 is 1.04 bits per heavy atom. The number of hydrogen-bond donors (Lipinski definition) is 1. The molecule has 2 fully saturated rings. The maximum atomic E-state index is 11.7. The highest BCUT2D eigenvalue weighted by Gasteiger charge is 2.34. The van der Waals surface area contributed by atoms with Crippen LogP contribution in [-0.2, 0) is 14.3 Å². The Balaban J connectivity index is 0.000000254. The Bertz CT molecular complexity index is 531. The molecule has 0 aromatic heterocycles. The van der Waals surface area contributed by atoms with Crippen molar-refractivity contribution in [3.8, 4) is 0 Å². The van der Waals surface area contributed by atoms with Gasteiger partial charge in [0.25, 0.3) is 0 Å². The molecule has 136 valence electrons. The Morgan fingerprint density at radius 2 is 1.46 bits per heavy atom. The minimum Gasteiger partial charge on any atom is -0.480 e. The molecule has 0 radical (unpaired) electrons. The van der Waals surface area contributed by atoms with Gasteiger partial charge in [0.2, 0.25) is 0 Å². The van der Waals surface area contributed by atoms with Crippen molar-refractivity contribution in [2.24, 2.45) is 0 Å². The molecule has 2 rings (SSSR count). The van der Waals surface area contributed by atoms with Crippen molar-refractivity contribution in [3.63, 3.8) is 0 Å². The minimum atomic E-state index is -0.776. The molecule has 0 saturated carbocycles. The van der Waals surface area contributed by atoms with Crippen molar-refractivity contribution >= 4 is 46.4 Å². The number of thiocarbonyl (C=S) groups is 2. The van der Waals surface area contributed by atoms with E-state index in [1.165, 1.54) is 0 Å². The minimum absolute atomic E-state index is 0.167. The fraction of sp³-hybridized carbons (Fsp3) is 0.750. The van der Waals surface area contributed by atoms with Crippen molar-refractivity contribution in [2.45, 2.75) is 64.1 Å². The summed E-state index contributed by atoms with van der Waals surface area (Å²) in [6.07, 6.45) is 2.99. The fourth-order valence-electron chi connectivity index (χ4n) is 2.54. The molecule has 6 nitrogen and oxygen atoms in total. The molecule has 0 bridgehead atoms. The van der Waals surface area contributed by atoms with Crippen LogP contribution in [-0.4, -0.2) is 68.6 Å². The highest BCUT2D eigenvalue weighted by molar-refractivity contribution is 7.80. The van der Waals surface area contributed by atoms with E-state index < -0.39 is 11.6 Å². The summed E-state index contributed by atoms with van der Waals surface area (Å²) < 4.78 is 5.30. The normalized spacial score (nSPS) is 23.9. The maximum absolute atomic E-state index is 11.7. The summed E-state index contributed by atoms with van der Waals surface area (Å²) in [7, 11) is 3.58. The molecule has 2 heterocycles. The lowest BCUT2D eigenvalue weighted by atomic mass is 10.1. The van der Waals surface area contributed by atoms with Crippen LogP contribution in [0.5, 0.6) is 0 Å². The first-order valence-electron chi connectivity index (χ1n) is 7.91. The van der Waals surface area contributed by atoms with Crippen LogP contribution in [0.1, 0.15) is 46.5 Å². The van der Waals surface area contributed by atoms with E-state index in [4.69, 9.17) is 34.3 Å². The fourth-order valence-corrected chi connectivity index (χ4v) is 3.03. The monoisotopic (exact) mass is 374 g/mol. The molecule has 0 amide bonds. The topological polar surface area (TPSA) is 70.1 Å². The molecular weight excluding hydrogens is 348 g/mol. The molecule has 1 N–H and O–H groups in total. The summed E-state index contributed by atoms with van der Waals surface area (Å²) in [5, 5.41) is 8.60. The number of rotatable bonds is 2. The van der Waals surface area contributed by atoms with Crippen LogP contribution in [0.2, 0.25) is 0 Å². The van der Waals surface area contributed by atoms with Crippen molar-refractivity contribution in [1.82, 2.24) is 9.80 Å². The van der Waals surface area contributed by atoms with Crippen LogP contribution >= 0.6 is 24.4 Å². The van der Waals surface area contributed by atoms with E-state index in [1.54, 1.807) is 11.9 Å². The smallest absolute Gasteiger partial charge is 0.329 e. The average Bonchev–Trinajstić information content (AvgIpc) is 2.93. The van der Waals surface area contributed by atoms with Gasteiger partial charge < -0.3 is 19.6 Å². The number of carboxylic acids is 1. The number of nitrogens with zero attached hydrogens (tertiary/aromatic N) is 2. The summed E-state index contributed by atoms with van der Waals surface area (Å²) >= 11 is 10.00. The van der Waals surface area contributed by atoms with Crippen LogP contribution in [0, 0.1) is 0 Å². The van der Waals surface area contributed by atoms with Crippen LogP contribution in [0.3, 0.4) is 0 Å². The molecular formula is C16H26N2O4S2. The van der Waals surface area contributed by atoms with Gasteiger partial charge in [-0.25, -0.2) is 9.59 Å². The second-order valence-corrected chi connectivity index (χ2v) is 7.93. The van der Waals surface area contributed by atoms with Gasteiger partial charge in [-0.2, -0.15) is 0 Å². The zero-order chi connectivity index (χ0) is 18.7. The Hall–Kier alpha value is -1.28. The summed E-state index contributed by atoms with van der Waals surface area (Å²) in [4.78, 5) is 27.2. The van der Waals surface area contributed by atoms with Crippen molar-refractivity contribution in [1.29, 1.82) is 0 Å². The lowest BCUT2D eigenvalue weighted by Gasteiger charge is -2.25. The van der Waals surface area contributed by atoms with E-state index in [1.807, 2.05) is 32.7 Å². The van der Waals surface area contributed by atoms with Crippen LogP contribution < -0.4 is 0 Å². The lowest BCUT2D eigenvalue weighted by molar-refractivity contribution is -0.159. The highest BCUT2D eigenvalue weighted by atomic mass is 32.1. The molecule has 24 heavy (non-hydrogen) atoms. The number of likely N-dealkylation sites (tertiary alicyclic amines) is 2. The first-order valence-corrected chi connectivity index (χ1v) is 8.72. The lowest BCUT2D eigenvalue weighted by Crippen LogP contribution is -2.39. The van der Waals surface area contributed by atoms with E-state index >= 15 is 0 Å². The first-order chi connectivity index (χ1) is 10.9. The molecule has 0 aromatic rings. The van der Waals surface area contributed by atoms with Crippen molar-refractivity contribution < 1.29 is 19.4 Å². The zero-order valence-corrected chi connectivity index (χ0v) is 16.5. The molecule has 2 aliphatic heterocycles. The molecule has 2 unspecified atom stereocenters. The molecule has 2 atom stereocenters. The summed E-state index contributed by atoms with van der Waals surface area (Å²) in [5.41, 5.74) is -0.415. The predicted molar refractivity (Wildman–Crippen MR) is 100 cm³/mol. The van der Waals surface area contributed by atoms with E-state index in [0.717, 1.165) is 29.2 Å². The molecule has 0 spiro atoms. The summed E-state index contributed by atoms with van der Waals surface area (Å²) in [5.74, 6) is -0.942. The standard InChI is InChI=1S/C10H17NO2S.C6H9NO2S/c1-10(2,3)13-9(12)7-5-6-8(14)11(7)4;1-7-4(6(8)9)2-3-5(7)10/h7H,5-6H2,1-4H3;4H,2-3H2,1H3,(H,8,9). The third-order valence-electron chi connectivity index (χ3n) is 3.95.